The molecule has 0 saturated heterocycles. The third-order valence-corrected chi connectivity index (χ3v) is 4.79. The number of carbonyl (C=O) groups is 2. The minimum Gasteiger partial charge on any atom is -0.321 e. The van der Waals surface area contributed by atoms with E-state index in [0.29, 0.717) is 11.3 Å². The molecule has 0 aliphatic carbocycles. The van der Waals surface area contributed by atoms with Crippen LogP contribution in [0, 0.1) is 5.82 Å². The summed E-state index contributed by atoms with van der Waals surface area (Å²) in [6, 6.07) is 21.9. The van der Waals surface area contributed by atoms with E-state index in [9.17, 15) is 14.0 Å². The first-order chi connectivity index (χ1) is 14.1. The SMILES string of the molecule is CSc1cccc(NC(=O)/C(=C\c2ccccc2F)NC(=O)c2ccccc2)c1. The molecule has 0 radical (unpaired) electrons. The fourth-order valence-corrected chi connectivity index (χ4v) is 3.05. The topological polar surface area (TPSA) is 58.2 Å². The number of carbonyl (C=O) groups excluding carboxylic acids is 2. The van der Waals surface area contributed by atoms with E-state index < -0.39 is 17.6 Å². The van der Waals surface area contributed by atoms with Gasteiger partial charge in [0.25, 0.3) is 11.8 Å². The summed E-state index contributed by atoms with van der Waals surface area (Å²) in [7, 11) is 0. The second-order valence-electron chi connectivity index (χ2n) is 6.09. The number of rotatable bonds is 6. The summed E-state index contributed by atoms with van der Waals surface area (Å²) in [5.41, 5.74) is 1.11. The quantitative estimate of drug-likeness (QED) is 0.449. The van der Waals surface area contributed by atoms with E-state index >= 15 is 0 Å². The van der Waals surface area contributed by atoms with Crippen molar-refractivity contribution in [3.63, 3.8) is 0 Å². The maximum Gasteiger partial charge on any atom is 0.272 e. The van der Waals surface area contributed by atoms with Gasteiger partial charge < -0.3 is 10.6 Å². The standard InChI is InChI=1S/C23H19FN2O2S/c1-29-19-12-7-11-18(15-19)25-23(28)21(14-17-10-5-6-13-20(17)24)26-22(27)16-8-3-2-4-9-16/h2-15H,1H3,(H,25,28)(H,26,27)/b21-14+. The van der Waals surface area contributed by atoms with Crippen LogP contribution < -0.4 is 10.6 Å². The van der Waals surface area contributed by atoms with Crippen molar-refractivity contribution in [3.05, 3.63) is 102 Å². The smallest absolute Gasteiger partial charge is 0.272 e. The summed E-state index contributed by atoms with van der Waals surface area (Å²) < 4.78 is 14.1. The molecular weight excluding hydrogens is 387 g/mol. The molecule has 0 aromatic heterocycles. The second kappa shape index (κ2) is 9.71. The van der Waals surface area contributed by atoms with Crippen LogP contribution in [0.4, 0.5) is 10.1 Å². The maximum atomic E-state index is 14.1. The number of hydrogen-bond donors (Lipinski definition) is 2. The molecule has 3 aromatic carbocycles. The lowest BCUT2D eigenvalue weighted by atomic mass is 10.1. The third kappa shape index (κ3) is 5.56. The van der Waals surface area contributed by atoms with E-state index in [1.807, 2.05) is 24.5 Å². The van der Waals surface area contributed by atoms with Gasteiger partial charge in [-0.05, 0) is 48.7 Å². The average Bonchev–Trinajstić information content (AvgIpc) is 2.75. The molecule has 0 atom stereocenters. The minimum atomic E-state index is -0.546. The minimum absolute atomic E-state index is 0.0569. The Kier molecular flexibility index (Phi) is 6.81. The second-order valence-corrected chi connectivity index (χ2v) is 6.97. The number of halogens is 1. The molecule has 0 unspecified atom stereocenters. The van der Waals surface area contributed by atoms with E-state index in [1.54, 1.807) is 60.3 Å². The highest BCUT2D eigenvalue weighted by molar-refractivity contribution is 7.98. The molecule has 2 amide bonds. The molecule has 0 aliphatic rings. The summed E-state index contributed by atoms with van der Waals surface area (Å²) in [6.07, 6.45) is 3.26. The predicted octanol–water partition coefficient (Wildman–Crippen LogP) is 4.96. The summed E-state index contributed by atoms with van der Waals surface area (Å²) >= 11 is 1.55. The van der Waals surface area contributed by atoms with Gasteiger partial charge in [0.2, 0.25) is 0 Å². The lowest BCUT2D eigenvalue weighted by Gasteiger charge is -2.12. The Labute approximate surface area is 172 Å². The van der Waals surface area contributed by atoms with Crippen molar-refractivity contribution in [2.45, 2.75) is 4.90 Å². The first-order valence-corrected chi connectivity index (χ1v) is 10.1. The largest absolute Gasteiger partial charge is 0.321 e. The van der Waals surface area contributed by atoms with Crippen molar-refractivity contribution in [1.29, 1.82) is 0 Å². The van der Waals surface area contributed by atoms with Crippen molar-refractivity contribution >= 4 is 35.3 Å². The van der Waals surface area contributed by atoms with Gasteiger partial charge in [0.15, 0.2) is 0 Å². The summed E-state index contributed by atoms with van der Waals surface area (Å²) in [5, 5.41) is 5.35. The van der Waals surface area contributed by atoms with E-state index in [1.165, 1.54) is 18.2 Å². The predicted molar refractivity (Wildman–Crippen MR) is 115 cm³/mol. The molecule has 6 heteroatoms. The normalized spacial score (nSPS) is 11.0. The van der Waals surface area contributed by atoms with E-state index in [2.05, 4.69) is 10.6 Å². The van der Waals surface area contributed by atoms with Crippen molar-refractivity contribution in [2.75, 3.05) is 11.6 Å². The maximum absolute atomic E-state index is 14.1. The van der Waals surface area contributed by atoms with Gasteiger partial charge in [-0.2, -0.15) is 0 Å². The van der Waals surface area contributed by atoms with Crippen molar-refractivity contribution < 1.29 is 14.0 Å². The van der Waals surface area contributed by atoms with E-state index in [0.717, 1.165) is 4.90 Å². The van der Waals surface area contributed by atoms with Crippen LogP contribution in [0.2, 0.25) is 0 Å². The van der Waals surface area contributed by atoms with Crippen LogP contribution in [0.15, 0.2) is 89.5 Å². The highest BCUT2D eigenvalue weighted by Crippen LogP contribution is 2.20. The van der Waals surface area contributed by atoms with Crippen molar-refractivity contribution in [2.24, 2.45) is 0 Å². The zero-order valence-electron chi connectivity index (χ0n) is 15.7. The molecule has 2 N–H and O–H groups in total. The zero-order chi connectivity index (χ0) is 20.6. The molecule has 0 heterocycles. The molecule has 29 heavy (non-hydrogen) atoms. The number of hydrogen-bond acceptors (Lipinski definition) is 3. The van der Waals surface area contributed by atoms with Gasteiger partial charge in [0, 0.05) is 21.7 Å². The van der Waals surface area contributed by atoms with Crippen LogP contribution in [-0.4, -0.2) is 18.1 Å². The van der Waals surface area contributed by atoms with E-state index in [-0.39, 0.29) is 11.3 Å². The number of anilines is 1. The highest BCUT2D eigenvalue weighted by Gasteiger charge is 2.16. The van der Waals surface area contributed by atoms with Gasteiger partial charge in [0.1, 0.15) is 11.5 Å². The lowest BCUT2D eigenvalue weighted by Crippen LogP contribution is -2.30. The Hall–Kier alpha value is -3.38. The number of thioether (sulfide) groups is 1. The zero-order valence-corrected chi connectivity index (χ0v) is 16.5. The highest BCUT2D eigenvalue weighted by atomic mass is 32.2. The van der Waals surface area contributed by atoms with Gasteiger partial charge in [-0.15, -0.1) is 11.8 Å². The Balaban J connectivity index is 1.90. The van der Waals surface area contributed by atoms with Gasteiger partial charge in [-0.3, -0.25) is 9.59 Å². The Morgan fingerprint density at radius 1 is 0.931 bits per heavy atom. The molecular formula is C23H19FN2O2S. The van der Waals surface area contributed by atoms with Gasteiger partial charge in [0.05, 0.1) is 0 Å². The first-order valence-electron chi connectivity index (χ1n) is 8.85. The number of nitrogens with one attached hydrogen (secondary N) is 2. The van der Waals surface area contributed by atoms with Crippen LogP contribution in [0.1, 0.15) is 15.9 Å². The number of amides is 2. The van der Waals surface area contributed by atoms with Crippen LogP contribution in [0.25, 0.3) is 6.08 Å². The fraction of sp³-hybridized carbons (Fsp3) is 0.0435. The Bertz CT molecular complexity index is 1050. The summed E-state index contributed by atoms with van der Waals surface area (Å²) in [5.74, 6) is -1.49. The van der Waals surface area contributed by atoms with Gasteiger partial charge in [-0.25, -0.2) is 4.39 Å². The molecule has 0 spiro atoms. The molecule has 3 rings (SSSR count). The molecule has 0 fully saturated rings. The molecule has 4 nitrogen and oxygen atoms in total. The van der Waals surface area contributed by atoms with Crippen LogP contribution in [0.5, 0.6) is 0 Å². The molecule has 0 saturated carbocycles. The van der Waals surface area contributed by atoms with Crippen LogP contribution in [0.3, 0.4) is 0 Å². The number of benzene rings is 3. The molecule has 0 aliphatic heterocycles. The lowest BCUT2D eigenvalue weighted by molar-refractivity contribution is -0.113. The molecule has 0 bridgehead atoms. The van der Waals surface area contributed by atoms with Gasteiger partial charge >= 0.3 is 0 Å². The molecule has 3 aromatic rings. The van der Waals surface area contributed by atoms with Crippen LogP contribution in [-0.2, 0) is 4.79 Å². The van der Waals surface area contributed by atoms with E-state index in [4.69, 9.17) is 0 Å². The Morgan fingerprint density at radius 3 is 2.38 bits per heavy atom. The first kappa shape index (κ1) is 20.4. The summed E-state index contributed by atoms with van der Waals surface area (Å²) in [4.78, 5) is 26.4. The van der Waals surface area contributed by atoms with Crippen LogP contribution >= 0.6 is 11.8 Å². The molecule has 146 valence electrons. The summed E-state index contributed by atoms with van der Waals surface area (Å²) in [6.45, 7) is 0. The van der Waals surface area contributed by atoms with Crippen molar-refractivity contribution in [3.8, 4) is 0 Å². The van der Waals surface area contributed by atoms with Crippen molar-refractivity contribution in [1.82, 2.24) is 5.32 Å². The fourth-order valence-electron chi connectivity index (χ4n) is 2.59. The van der Waals surface area contributed by atoms with Gasteiger partial charge in [-0.1, -0.05) is 42.5 Å². The third-order valence-electron chi connectivity index (χ3n) is 4.06. The average molecular weight is 406 g/mol. The Morgan fingerprint density at radius 2 is 1.66 bits per heavy atom. The monoisotopic (exact) mass is 406 g/mol.